The van der Waals surface area contributed by atoms with Gasteiger partial charge in [0.05, 0.1) is 12.2 Å². The molecule has 2 heterocycles. The van der Waals surface area contributed by atoms with Crippen LogP contribution in [0.15, 0.2) is 34.0 Å². The molecule has 22 heavy (non-hydrogen) atoms. The molecule has 2 aromatic heterocycles. The van der Waals surface area contributed by atoms with Crippen molar-refractivity contribution in [3.63, 3.8) is 0 Å². The van der Waals surface area contributed by atoms with Crippen LogP contribution in [0.3, 0.4) is 0 Å². The number of guanidine groups is 1. The number of nitrogens with one attached hydrogen (secondary N) is 2. The zero-order valence-electron chi connectivity index (χ0n) is 13.0. The Labute approximate surface area is 147 Å². The number of hydrogen-bond donors (Lipinski definition) is 2. The van der Waals surface area contributed by atoms with Gasteiger partial charge in [-0.2, -0.15) is 5.10 Å². The molecular formula is C14H23IN6O. The predicted octanol–water partition coefficient (Wildman–Crippen LogP) is 1.81. The first-order chi connectivity index (χ1) is 10.3. The first kappa shape index (κ1) is 18.5. The highest BCUT2D eigenvalue weighted by Gasteiger charge is 2.03. The van der Waals surface area contributed by atoms with Crippen molar-refractivity contribution in [2.75, 3.05) is 13.6 Å². The third kappa shape index (κ3) is 6.04. The minimum absolute atomic E-state index is 0. The topological polar surface area (TPSA) is 80.3 Å². The molecule has 0 bridgehead atoms. The lowest BCUT2D eigenvalue weighted by atomic mass is 10.3. The van der Waals surface area contributed by atoms with E-state index in [4.69, 9.17) is 4.52 Å². The van der Waals surface area contributed by atoms with Gasteiger partial charge in [-0.25, -0.2) is 0 Å². The molecule has 2 rings (SSSR count). The normalized spacial score (nSPS) is 11.1. The molecule has 0 aromatic carbocycles. The van der Waals surface area contributed by atoms with Crippen molar-refractivity contribution in [2.24, 2.45) is 4.99 Å². The van der Waals surface area contributed by atoms with Crippen LogP contribution in [-0.2, 0) is 19.5 Å². The Bertz CT molecular complexity index is 551. The van der Waals surface area contributed by atoms with Gasteiger partial charge < -0.3 is 15.2 Å². The van der Waals surface area contributed by atoms with Gasteiger partial charge in [0, 0.05) is 38.6 Å². The second-order valence-electron chi connectivity index (χ2n) is 4.61. The van der Waals surface area contributed by atoms with Crippen molar-refractivity contribution in [3.05, 3.63) is 36.0 Å². The maximum Gasteiger partial charge on any atom is 0.191 e. The number of hydrogen-bond acceptors (Lipinski definition) is 4. The van der Waals surface area contributed by atoms with Gasteiger partial charge in [-0.15, -0.1) is 24.0 Å². The van der Waals surface area contributed by atoms with Crippen LogP contribution in [0, 0.1) is 0 Å². The predicted molar refractivity (Wildman–Crippen MR) is 96.3 cm³/mol. The average Bonchev–Trinajstić information content (AvgIpc) is 3.17. The zero-order chi connectivity index (χ0) is 14.9. The SMILES string of the molecule is CCc1cc(CNC(=NC)NCCCn2cccn2)on1.I. The standard InChI is InChI=1S/C14H22N6O.HI/c1-3-12-10-13(21-19-12)11-17-14(15-2)16-6-4-8-20-9-5-7-18-20;/h5,7,9-10H,3-4,6,8,11H2,1-2H3,(H2,15,16,17);1H. The van der Waals surface area contributed by atoms with E-state index in [-0.39, 0.29) is 24.0 Å². The van der Waals surface area contributed by atoms with Crippen LogP contribution in [0.2, 0.25) is 0 Å². The summed E-state index contributed by atoms with van der Waals surface area (Å²) in [6.07, 6.45) is 5.60. The molecule has 0 saturated heterocycles. The zero-order valence-corrected chi connectivity index (χ0v) is 15.3. The highest BCUT2D eigenvalue weighted by atomic mass is 127. The number of rotatable bonds is 7. The fourth-order valence-electron chi connectivity index (χ4n) is 1.88. The highest BCUT2D eigenvalue weighted by Crippen LogP contribution is 2.03. The molecule has 0 fully saturated rings. The fraction of sp³-hybridized carbons (Fsp3) is 0.500. The van der Waals surface area contributed by atoms with Crippen molar-refractivity contribution in [2.45, 2.75) is 32.9 Å². The lowest BCUT2D eigenvalue weighted by Crippen LogP contribution is -2.37. The van der Waals surface area contributed by atoms with Gasteiger partial charge in [-0.3, -0.25) is 9.67 Å². The quantitative estimate of drug-likeness (QED) is 0.310. The van der Waals surface area contributed by atoms with E-state index in [1.165, 1.54) is 0 Å². The summed E-state index contributed by atoms with van der Waals surface area (Å²) in [5.41, 5.74) is 0.967. The van der Waals surface area contributed by atoms with E-state index < -0.39 is 0 Å². The molecule has 0 saturated carbocycles. The molecule has 122 valence electrons. The van der Waals surface area contributed by atoms with E-state index in [0.29, 0.717) is 6.54 Å². The van der Waals surface area contributed by atoms with Gasteiger partial charge in [-0.05, 0) is 18.9 Å². The molecule has 0 radical (unpaired) electrons. The second-order valence-corrected chi connectivity index (χ2v) is 4.61. The minimum atomic E-state index is 0. The van der Waals surface area contributed by atoms with Crippen LogP contribution in [0.5, 0.6) is 0 Å². The fourth-order valence-corrected chi connectivity index (χ4v) is 1.88. The maximum absolute atomic E-state index is 5.22. The number of aryl methyl sites for hydroxylation is 2. The Morgan fingerprint density at radius 3 is 2.91 bits per heavy atom. The monoisotopic (exact) mass is 418 g/mol. The van der Waals surface area contributed by atoms with E-state index in [1.807, 2.05) is 23.0 Å². The van der Waals surface area contributed by atoms with Crippen molar-refractivity contribution in [1.82, 2.24) is 25.6 Å². The molecule has 0 atom stereocenters. The molecule has 0 aliphatic carbocycles. The third-order valence-electron chi connectivity index (χ3n) is 3.04. The molecule has 7 nitrogen and oxygen atoms in total. The summed E-state index contributed by atoms with van der Waals surface area (Å²) in [6.45, 7) is 4.34. The van der Waals surface area contributed by atoms with Crippen LogP contribution in [-0.4, -0.2) is 34.5 Å². The lowest BCUT2D eigenvalue weighted by molar-refractivity contribution is 0.374. The molecule has 0 unspecified atom stereocenters. The molecule has 8 heteroatoms. The highest BCUT2D eigenvalue weighted by molar-refractivity contribution is 14.0. The van der Waals surface area contributed by atoms with Crippen LogP contribution in [0.4, 0.5) is 0 Å². The smallest absolute Gasteiger partial charge is 0.191 e. The summed E-state index contributed by atoms with van der Waals surface area (Å²) >= 11 is 0. The maximum atomic E-state index is 5.22. The molecule has 2 N–H and O–H groups in total. The Morgan fingerprint density at radius 2 is 2.27 bits per heavy atom. The first-order valence-corrected chi connectivity index (χ1v) is 7.18. The van der Waals surface area contributed by atoms with E-state index in [2.05, 4.69) is 32.8 Å². The van der Waals surface area contributed by atoms with Gasteiger partial charge in [-0.1, -0.05) is 12.1 Å². The number of aromatic nitrogens is 3. The van der Waals surface area contributed by atoms with E-state index in [0.717, 1.165) is 43.3 Å². The summed E-state index contributed by atoms with van der Waals surface area (Å²) < 4.78 is 7.13. The molecular weight excluding hydrogens is 395 g/mol. The summed E-state index contributed by atoms with van der Waals surface area (Å²) in [5, 5.41) is 14.6. The Kier molecular flexibility index (Phi) is 8.56. The van der Waals surface area contributed by atoms with Crippen LogP contribution < -0.4 is 10.6 Å². The third-order valence-corrected chi connectivity index (χ3v) is 3.04. The van der Waals surface area contributed by atoms with Crippen molar-refractivity contribution < 1.29 is 4.52 Å². The van der Waals surface area contributed by atoms with Gasteiger partial charge in [0.1, 0.15) is 0 Å². The molecule has 0 aliphatic rings. The van der Waals surface area contributed by atoms with Crippen molar-refractivity contribution in [1.29, 1.82) is 0 Å². The number of nitrogens with zero attached hydrogens (tertiary/aromatic N) is 4. The Hall–Kier alpha value is -1.58. The van der Waals surface area contributed by atoms with Gasteiger partial charge in [0.15, 0.2) is 11.7 Å². The summed E-state index contributed by atoms with van der Waals surface area (Å²) in [5.74, 6) is 1.57. The first-order valence-electron chi connectivity index (χ1n) is 7.18. The van der Waals surface area contributed by atoms with Crippen LogP contribution in [0.25, 0.3) is 0 Å². The number of halogens is 1. The minimum Gasteiger partial charge on any atom is -0.359 e. The molecule has 0 aliphatic heterocycles. The van der Waals surface area contributed by atoms with Crippen molar-refractivity contribution in [3.8, 4) is 0 Å². The largest absolute Gasteiger partial charge is 0.359 e. The van der Waals surface area contributed by atoms with Crippen molar-refractivity contribution >= 4 is 29.9 Å². The Balaban J connectivity index is 0.00000242. The van der Waals surface area contributed by atoms with E-state index in [9.17, 15) is 0 Å². The van der Waals surface area contributed by atoms with Gasteiger partial charge in [0.25, 0.3) is 0 Å². The lowest BCUT2D eigenvalue weighted by Gasteiger charge is -2.10. The summed E-state index contributed by atoms with van der Waals surface area (Å²) in [6, 6.07) is 3.88. The van der Waals surface area contributed by atoms with Crippen LogP contribution >= 0.6 is 24.0 Å². The van der Waals surface area contributed by atoms with Gasteiger partial charge in [0.2, 0.25) is 0 Å². The van der Waals surface area contributed by atoms with Crippen LogP contribution in [0.1, 0.15) is 24.8 Å². The molecule has 0 spiro atoms. The molecule has 0 amide bonds. The Morgan fingerprint density at radius 1 is 1.41 bits per heavy atom. The van der Waals surface area contributed by atoms with E-state index in [1.54, 1.807) is 13.2 Å². The summed E-state index contributed by atoms with van der Waals surface area (Å²) in [7, 11) is 1.75. The molecule has 2 aromatic rings. The summed E-state index contributed by atoms with van der Waals surface area (Å²) in [4.78, 5) is 4.17. The number of aliphatic imine (C=N–C) groups is 1. The van der Waals surface area contributed by atoms with E-state index >= 15 is 0 Å². The average molecular weight is 418 g/mol. The van der Waals surface area contributed by atoms with Gasteiger partial charge >= 0.3 is 0 Å². The second kappa shape index (κ2) is 10.2.